The van der Waals surface area contributed by atoms with Crippen LogP contribution < -0.4 is 10.0 Å². The van der Waals surface area contributed by atoms with E-state index in [1.807, 2.05) is 37.3 Å². The lowest BCUT2D eigenvalue weighted by Gasteiger charge is -2.19. The van der Waals surface area contributed by atoms with Crippen LogP contribution in [0.15, 0.2) is 35.5 Å². The molecule has 2 atom stereocenters. The van der Waals surface area contributed by atoms with E-state index in [0.717, 1.165) is 12.0 Å². The van der Waals surface area contributed by atoms with Crippen molar-refractivity contribution in [1.29, 1.82) is 0 Å². The number of anilines is 2. The summed E-state index contributed by atoms with van der Waals surface area (Å²) < 4.78 is 26.3. The van der Waals surface area contributed by atoms with E-state index in [4.69, 9.17) is 0 Å². The zero-order valence-corrected chi connectivity index (χ0v) is 18.8. The molecule has 10 heteroatoms. The van der Waals surface area contributed by atoms with E-state index in [1.54, 1.807) is 6.92 Å². The van der Waals surface area contributed by atoms with E-state index >= 15 is 0 Å². The quantitative estimate of drug-likeness (QED) is 0.457. The maximum atomic E-state index is 12.0. The zero-order valence-electron chi connectivity index (χ0n) is 17.2. The number of aliphatic hydroxyl groups excluding tert-OH is 1. The van der Waals surface area contributed by atoms with Gasteiger partial charge in [-0.05, 0) is 31.7 Å². The number of sulfonamides is 1. The van der Waals surface area contributed by atoms with Crippen LogP contribution in [0.2, 0.25) is 0 Å². The predicted molar refractivity (Wildman–Crippen MR) is 118 cm³/mol. The van der Waals surface area contributed by atoms with Gasteiger partial charge in [0.1, 0.15) is 0 Å². The largest absolute Gasteiger partial charge is 0.394 e. The van der Waals surface area contributed by atoms with Gasteiger partial charge in [0.25, 0.3) is 0 Å². The van der Waals surface area contributed by atoms with E-state index in [-0.39, 0.29) is 35.5 Å². The van der Waals surface area contributed by atoms with Crippen molar-refractivity contribution in [3.05, 3.63) is 35.9 Å². The van der Waals surface area contributed by atoms with E-state index in [1.165, 1.54) is 11.8 Å². The minimum atomic E-state index is -3.53. The van der Waals surface area contributed by atoms with Crippen molar-refractivity contribution in [3.8, 4) is 0 Å². The Bertz CT molecular complexity index is 879. The van der Waals surface area contributed by atoms with Gasteiger partial charge in [0.05, 0.1) is 18.4 Å². The first kappa shape index (κ1) is 23.4. The number of hydrogen-bond donors (Lipinski definition) is 3. The second-order valence-electron chi connectivity index (χ2n) is 7.09. The van der Waals surface area contributed by atoms with Crippen LogP contribution in [0.25, 0.3) is 0 Å². The van der Waals surface area contributed by atoms with Crippen molar-refractivity contribution in [2.75, 3.05) is 22.4 Å². The van der Waals surface area contributed by atoms with Crippen LogP contribution in [0.5, 0.6) is 0 Å². The molecule has 0 fully saturated rings. The van der Waals surface area contributed by atoms with Crippen molar-refractivity contribution < 1.29 is 13.5 Å². The fourth-order valence-corrected chi connectivity index (χ4v) is 4.01. The Morgan fingerprint density at radius 2 is 1.72 bits per heavy atom. The van der Waals surface area contributed by atoms with Crippen LogP contribution in [0.3, 0.4) is 0 Å². The van der Waals surface area contributed by atoms with Gasteiger partial charge in [0, 0.05) is 5.25 Å². The lowest BCUT2D eigenvalue weighted by Crippen LogP contribution is -2.27. The average Bonchev–Trinajstić information content (AvgIpc) is 2.67. The topological polar surface area (TPSA) is 117 Å². The van der Waals surface area contributed by atoms with E-state index in [9.17, 15) is 13.5 Å². The highest BCUT2D eigenvalue weighted by atomic mass is 32.2. The molecule has 0 aliphatic carbocycles. The molecule has 3 N–H and O–H groups in total. The molecule has 0 radical (unpaired) electrons. The SMILES string of the molecule is CCS(=O)(=O)Nc1nc(N[C@@H](CO)CC(C)C)nc(SC(C)c2ccccc2)n1. The summed E-state index contributed by atoms with van der Waals surface area (Å²) in [7, 11) is -3.53. The first-order valence-electron chi connectivity index (χ1n) is 9.58. The number of rotatable bonds is 11. The highest BCUT2D eigenvalue weighted by molar-refractivity contribution is 7.99. The van der Waals surface area contributed by atoms with Crippen LogP contribution in [-0.2, 0) is 10.0 Å². The molecule has 0 saturated heterocycles. The number of aliphatic hydroxyl groups is 1. The van der Waals surface area contributed by atoms with Gasteiger partial charge in [-0.25, -0.2) is 8.42 Å². The summed E-state index contributed by atoms with van der Waals surface area (Å²) >= 11 is 1.41. The average molecular weight is 440 g/mol. The molecule has 1 aromatic heterocycles. The summed E-state index contributed by atoms with van der Waals surface area (Å²) in [6.07, 6.45) is 0.723. The molecule has 0 aliphatic rings. The monoisotopic (exact) mass is 439 g/mol. The number of thioether (sulfide) groups is 1. The smallest absolute Gasteiger partial charge is 0.242 e. The Morgan fingerprint density at radius 3 is 2.31 bits per heavy atom. The lowest BCUT2D eigenvalue weighted by molar-refractivity contribution is 0.259. The summed E-state index contributed by atoms with van der Waals surface area (Å²) in [6, 6.07) is 9.67. The molecule has 2 rings (SSSR count). The molecule has 0 bridgehead atoms. The molecule has 160 valence electrons. The van der Waals surface area contributed by atoms with Gasteiger partial charge in [-0.1, -0.05) is 55.9 Å². The number of benzene rings is 1. The normalized spacial score (nSPS) is 13.9. The summed E-state index contributed by atoms with van der Waals surface area (Å²) in [5.41, 5.74) is 1.11. The standard InChI is InChI=1S/C19H29N5O3S2/c1-5-29(26,27)24-18-21-17(20-16(12-25)11-13(2)3)22-19(23-18)28-14(4)15-9-7-6-8-10-15/h6-10,13-14,16,25H,5,11-12H2,1-4H3,(H2,20,21,22,23,24)/t14?,16-/m1/s1. The molecule has 1 heterocycles. The van der Waals surface area contributed by atoms with Gasteiger partial charge < -0.3 is 10.4 Å². The van der Waals surface area contributed by atoms with Crippen LogP contribution >= 0.6 is 11.8 Å². The second kappa shape index (κ2) is 10.7. The van der Waals surface area contributed by atoms with E-state index in [0.29, 0.717) is 11.1 Å². The summed E-state index contributed by atoms with van der Waals surface area (Å²) in [4.78, 5) is 12.9. The molecule has 0 aliphatic heterocycles. The van der Waals surface area contributed by atoms with Crippen LogP contribution in [0.1, 0.15) is 44.9 Å². The predicted octanol–water partition coefficient (Wildman–Crippen LogP) is 3.31. The lowest BCUT2D eigenvalue weighted by atomic mass is 10.0. The number of hydrogen-bond acceptors (Lipinski definition) is 8. The fourth-order valence-electron chi connectivity index (χ4n) is 2.61. The third-order valence-electron chi connectivity index (χ3n) is 4.10. The fraction of sp³-hybridized carbons (Fsp3) is 0.526. The minimum absolute atomic E-state index is 0.0339. The Hall–Kier alpha value is -1.91. The minimum Gasteiger partial charge on any atom is -0.394 e. The van der Waals surface area contributed by atoms with Crippen molar-refractivity contribution in [2.24, 2.45) is 5.92 Å². The second-order valence-corrected chi connectivity index (χ2v) is 10.4. The van der Waals surface area contributed by atoms with Crippen LogP contribution in [0, 0.1) is 5.92 Å². The van der Waals surface area contributed by atoms with Crippen molar-refractivity contribution >= 4 is 33.7 Å². The number of nitrogens with zero attached hydrogens (tertiary/aromatic N) is 3. The molecular weight excluding hydrogens is 410 g/mol. The van der Waals surface area contributed by atoms with Gasteiger partial charge in [0.2, 0.25) is 21.9 Å². The van der Waals surface area contributed by atoms with Crippen LogP contribution in [-0.4, -0.2) is 46.9 Å². The van der Waals surface area contributed by atoms with E-state index in [2.05, 4.69) is 38.8 Å². The summed E-state index contributed by atoms with van der Waals surface area (Å²) in [5, 5.41) is 13.2. The maximum absolute atomic E-state index is 12.0. The zero-order chi connectivity index (χ0) is 21.4. The van der Waals surface area contributed by atoms with Crippen molar-refractivity contribution in [2.45, 2.75) is 50.6 Å². The first-order valence-corrected chi connectivity index (χ1v) is 12.1. The van der Waals surface area contributed by atoms with Gasteiger partial charge in [0.15, 0.2) is 5.16 Å². The molecule has 1 unspecified atom stereocenters. The summed E-state index contributed by atoms with van der Waals surface area (Å²) in [5.74, 6) is 0.479. The van der Waals surface area contributed by atoms with Gasteiger partial charge in [-0.15, -0.1) is 0 Å². The Balaban J connectivity index is 2.30. The molecule has 29 heavy (non-hydrogen) atoms. The summed E-state index contributed by atoms with van der Waals surface area (Å²) in [6.45, 7) is 7.61. The Morgan fingerprint density at radius 1 is 1.07 bits per heavy atom. The molecule has 0 amide bonds. The Labute approximate surface area is 177 Å². The molecule has 0 spiro atoms. The van der Waals surface area contributed by atoms with Gasteiger partial charge in [-0.3, -0.25) is 4.72 Å². The molecular formula is C19H29N5O3S2. The number of nitrogens with one attached hydrogen (secondary N) is 2. The molecule has 2 aromatic rings. The molecule has 0 saturated carbocycles. The van der Waals surface area contributed by atoms with E-state index < -0.39 is 10.0 Å². The van der Waals surface area contributed by atoms with Gasteiger partial charge >= 0.3 is 0 Å². The maximum Gasteiger partial charge on any atom is 0.242 e. The highest BCUT2D eigenvalue weighted by Crippen LogP contribution is 2.33. The van der Waals surface area contributed by atoms with Crippen molar-refractivity contribution in [3.63, 3.8) is 0 Å². The third kappa shape index (κ3) is 7.79. The third-order valence-corrected chi connectivity index (χ3v) is 6.38. The molecule has 8 nitrogen and oxygen atoms in total. The molecule has 1 aromatic carbocycles. The number of aromatic nitrogens is 3. The Kier molecular flexibility index (Phi) is 8.66. The first-order chi connectivity index (χ1) is 13.7. The van der Waals surface area contributed by atoms with Crippen LogP contribution in [0.4, 0.5) is 11.9 Å². The van der Waals surface area contributed by atoms with Crippen molar-refractivity contribution in [1.82, 2.24) is 15.0 Å². The highest BCUT2D eigenvalue weighted by Gasteiger charge is 2.18. The van der Waals surface area contributed by atoms with Gasteiger partial charge in [-0.2, -0.15) is 15.0 Å².